The van der Waals surface area contributed by atoms with Crippen LogP contribution >= 0.6 is 11.3 Å². The molecule has 0 aliphatic heterocycles. The Labute approximate surface area is 106 Å². The minimum absolute atomic E-state index is 0.650. The van der Waals surface area contributed by atoms with Crippen LogP contribution in [0.25, 0.3) is 10.4 Å². The summed E-state index contributed by atoms with van der Waals surface area (Å²) in [4.78, 5) is 1.25. The second-order valence-corrected chi connectivity index (χ2v) is 5.12. The van der Waals surface area contributed by atoms with Crippen LogP contribution in [0, 0.1) is 0 Å². The van der Waals surface area contributed by atoms with Gasteiger partial charge in [0.05, 0.1) is 0 Å². The van der Waals surface area contributed by atoms with Crippen molar-refractivity contribution in [2.75, 3.05) is 6.61 Å². The second kappa shape index (κ2) is 5.69. The fraction of sp³-hybridized carbons (Fsp3) is 0.200. The maximum atomic E-state index is 5.66. The molecule has 0 amide bonds. The van der Waals surface area contributed by atoms with E-state index in [1.807, 2.05) is 12.1 Å². The zero-order chi connectivity index (χ0) is 12.1. The van der Waals surface area contributed by atoms with E-state index in [2.05, 4.69) is 50.3 Å². The third kappa shape index (κ3) is 3.46. The molecular weight excluding hydrogens is 228 g/mol. The van der Waals surface area contributed by atoms with E-state index < -0.39 is 0 Å². The number of rotatable bonds is 4. The van der Waals surface area contributed by atoms with Crippen LogP contribution in [0.4, 0.5) is 0 Å². The van der Waals surface area contributed by atoms with Gasteiger partial charge in [-0.05, 0) is 37.6 Å². The third-order valence-electron chi connectivity index (χ3n) is 2.36. The molecule has 0 bridgehead atoms. The lowest BCUT2D eigenvalue weighted by Crippen LogP contribution is -1.91. The lowest BCUT2D eigenvalue weighted by Gasteiger charge is -1.99. The molecule has 1 aromatic heterocycles. The molecular formula is C15H16OS. The van der Waals surface area contributed by atoms with Gasteiger partial charge in [-0.15, -0.1) is 0 Å². The highest BCUT2D eigenvalue weighted by atomic mass is 32.1. The summed E-state index contributed by atoms with van der Waals surface area (Å²) >= 11 is 1.69. The van der Waals surface area contributed by atoms with Gasteiger partial charge in [0, 0.05) is 4.88 Å². The molecule has 17 heavy (non-hydrogen) atoms. The third-order valence-corrected chi connectivity index (χ3v) is 3.40. The van der Waals surface area contributed by atoms with Crippen LogP contribution in [0.1, 0.15) is 13.8 Å². The summed E-state index contributed by atoms with van der Waals surface area (Å²) in [5.41, 5.74) is 2.53. The van der Waals surface area contributed by atoms with E-state index in [9.17, 15) is 0 Å². The molecule has 2 aromatic rings. The molecule has 0 saturated heterocycles. The van der Waals surface area contributed by atoms with Crippen LogP contribution in [-0.2, 0) is 0 Å². The van der Waals surface area contributed by atoms with E-state index in [4.69, 9.17) is 4.74 Å². The van der Waals surface area contributed by atoms with Gasteiger partial charge >= 0.3 is 0 Å². The quantitative estimate of drug-likeness (QED) is 0.704. The summed E-state index contributed by atoms with van der Waals surface area (Å²) in [6.45, 7) is 4.80. The van der Waals surface area contributed by atoms with Crippen LogP contribution < -0.4 is 4.74 Å². The van der Waals surface area contributed by atoms with Crippen LogP contribution in [0.2, 0.25) is 0 Å². The first-order valence-electron chi connectivity index (χ1n) is 5.67. The van der Waals surface area contributed by atoms with Gasteiger partial charge in [-0.25, -0.2) is 0 Å². The van der Waals surface area contributed by atoms with Gasteiger partial charge in [-0.2, -0.15) is 0 Å². The van der Waals surface area contributed by atoms with Crippen molar-refractivity contribution in [1.29, 1.82) is 0 Å². The minimum Gasteiger partial charge on any atom is -0.480 e. The first-order chi connectivity index (χ1) is 8.25. The van der Waals surface area contributed by atoms with Crippen molar-refractivity contribution in [2.24, 2.45) is 0 Å². The summed E-state index contributed by atoms with van der Waals surface area (Å²) in [6, 6.07) is 14.5. The molecule has 1 aromatic carbocycles. The molecule has 1 nitrogen and oxygen atoms in total. The first kappa shape index (κ1) is 11.9. The predicted molar refractivity (Wildman–Crippen MR) is 74.7 cm³/mol. The van der Waals surface area contributed by atoms with Gasteiger partial charge in [-0.1, -0.05) is 47.2 Å². The van der Waals surface area contributed by atoms with Crippen molar-refractivity contribution >= 4 is 11.3 Å². The Morgan fingerprint density at radius 3 is 2.59 bits per heavy atom. The summed E-state index contributed by atoms with van der Waals surface area (Å²) in [5.74, 6) is 0. The van der Waals surface area contributed by atoms with E-state index >= 15 is 0 Å². The summed E-state index contributed by atoms with van der Waals surface area (Å²) in [7, 11) is 0. The molecule has 0 aliphatic carbocycles. The molecule has 88 valence electrons. The minimum atomic E-state index is 0.650. The molecule has 0 spiro atoms. The number of allylic oxidation sites excluding steroid dienone is 1. The number of ether oxygens (including phenoxy) is 1. The second-order valence-electron chi connectivity index (χ2n) is 4.08. The first-order valence-corrected chi connectivity index (χ1v) is 6.49. The van der Waals surface area contributed by atoms with E-state index in [0.29, 0.717) is 6.61 Å². The van der Waals surface area contributed by atoms with Crippen molar-refractivity contribution in [3.63, 3.8) is 0 Å². The average Bonchev–Trinajstić information content (AvgIpc) is 2.78. The van der Waals surface area contributed by atoms with Gasteiger partial charge in [0.15, 0.2) is 5.06 Å². The van der Waals surface area contributed by atoms with Gasteiger partial charge in [0.2, 0.25) is 0 Å². The maximum Gasteiger partial charge on any atom is 0.174 e. The van der Waals surface area contributed by atoms with Gasteiger partial charge in [0.25, 0.3) is 0 Å². The number of benzene rings is 1. The zero-order valence-electron chi connectivity index (χ0n) is 10.1. The standard InChI is InChI=1S/C15H16OS/c1-12(2)10-11-16-15-9-8-14(17-15)13-6-4-3-5-7-13/h3-10H,11H2,1-2H3. The average molecular weight is 244 g/mol. The van der Waals surface area contributed by atoms with Crippen molar-refractivity contribution in [3.05, 3.63) is 54.1 Å². The van der Waals surface area contributed by atoms with Crippen molar-refractivity contribution < 1.29 is 4.74 Å². The molecule has 0 unspecified atom stereocenters. The molecule has 0 fully saturated rings. The Morgan fingerprint density at radius 1 is 1.12 bits per heavy atom. The molecule has 0 aliphatic rings. The Balaban J connectivity index is 2.04. The predicted octanol–water partition coefficient (Wildman–Crippen LogP) is 4.76. The van der Waals surface area contributed by atoms with Crippen molar-refractivity contribution in [3.8, 4) is 15.5 Å². The molecule has 0 saturated carbocycles. The fourth-order valence-electron chi connectivity index (χ4n) is 1.45. The van der Waals surface area contributed by atoms with Crippen LogP contribution in [-0.4, -0.2) is 6.61 Å². The topological polar surface area (TPSA) is 9.23 Å². The molecule has 2 heteroatoms. The number of hydrogen-bond acceptors (Lipinski definition) is 2. The van der Waals surface area contributed by atoms with Crippen LogP contribution in [0.15, 0.2) is 54.1 Å². The lowest BCUT2D eigenvalue weighted by atomic mass is 10.2. The largest absolute Gasteiger partial charge is 0.480 e. The molecule has 2 rings (SSSR count). The lowest BCUT2D eigenvalue weighted by molar-refractivity contribution is 0.373. The highest BCUT2D eigenvalue weighted by molar-refractivity contribution is 7.17. The Kier molecular flexibility index (Phi) is 3.99. The molecule has 0 atom stereocenters. The highest BCUT2D eigenvalue weighted by Crippen LogP contribution is 2.32. The van der Waals surface area contributed by atoms with Crippen molar-refractivity contribution in [2.45, 2.75) is 13.8 Å². The Morgan fingerprint density at radius 2 is 1.88 bits per heavy atom. The molecule has 1 heterocycles. The molecule has 0 radical (unpaired) electrons. The SMILES string of the molecule is CC(C)=CCOc1ccc(-c2ccccc2)s1. The van der Waals surface area contributed by atoms with Gasteiger partial charge < -0.3 is 4.74 Å². The smallest absolute Gasteiger partial charge is 0.174 e. The van der Waals surface area contributed by atoms with Crippen molar-refractivity contribution in [1.82, 2.24) is 0 Å². The normalized spacial score (nSPS) is 10.0. The summed E-state index contributed by atoms with van der Waals surface area (Å²) in [6.07, 6.45) is 2.09. The van der Waals surface area contributed by atoms with Crippen LogP contribution in [0.3, 0.4) is 0 Å². The number of thiophene rings is 1. The fourth-order valence-corrected chi connectivity index (χ4v) is 2.32. The number of hydrogen-bond donors (Lipinski definition) is 0. The van der Waals surface area contributed by atoms with E-state index in [0.717, 1.165) is 5.06 Å². The monoisotopic (exact) mass is 244 g/mol. The molecule has 0 N–H and O–H groups in total. The Hall–Kier alpha value is -1.54. The van der Waals surface area contributed by atoms with Gasteiger partial charge in [0.1, 0.15) is 6.61 Å². The van der Waals surface area contributed by atoms with E-state index in [-0.39, 0.29) is 0 Å². The summed E-state index contributed by atoms with van der Waals surface area (Å²) in [5, 5.41) is 0.973. The van der Waals surface area contributed by atoms with Gasteiger partial charge in [-0.3, -0.25) is 0 Å². The van der Waals surface area contributed by atoms with Crippen LogP contribution in [0.5, 0.6) is 5.06 Å². The highest BCUT2D eigenvalue weighted by Gasteiger charge is 2.02. The van der Waals surface area contributed by atoms with E-state index in [1.54, 1.807) is 11.3 Å². The van der Waals surface area contributed by atoms with E-state index in [1.165, 1.54) is 16.0 Å². The summed E-state index contributed by atoms with van der Waals surface area (Å²) < 4.78 is 5.66. The Bertz CT molecular complexity index is 493. The zero-order valence-corrected chi connectivity index (χ0v) is 11.0. The maximum absolute atomic E-state index is 5.66.